The van der Waals surface area contributed by atoms with Crippen LogP contribution in [0.2, 0.25) is 0 Å². The Labute approximate surface area is 190 Å². The normalized spacial score (nSPS) is 17.1. The van der Waals surface area contributed by atoms with Crippen molar-refractivity contribution in [2.24, 2.45) is 5.73 Å². The first-order valence-corrected chi connectivity index (χ1v) is 10.4. The molecule has 0 bridgehead atoms. The zero-order valence-electron chi connectivity index (χ0n) is 17.4. The van der Waals surface area contributed by atoms with E-state index in [-0.39, 0.29) is 39.7 Å². The molecule has 1 aliphatic heterocycles. The topological polar surface area (TPSA) is 102 Å². The van der Waals surface area contributed by atoms with E-state index >= 15 is 0 Å². The second kappa shape index (κ2) is 8.13. The summed E-state index contributed by atoms with van der Waals surface area (Å²) in [4.78, 5) is 26.6. The van der Waals surface area contributed by atoms with E-state index in [0.717, 1.165) is 5.56 Å². The standard InChI is InChI=1S/C27H18N2O4/c28-14-21-22(17-9-6-10-18(13-17)32-15-16-7-2-1-3-8-16)23-24(30)19-11-4-5-12-20(19)25(31)26(23)33-27(21)29/h1-13,22H,15,29H2. The smallest absolute Gasteiger partial charge is 0.229 e. The fraction of sp³-hybridized carbons (Fsp3) is 0.0741. The van der Waals surface area contributed by atoms with Gasteiger partial charge < -0.3 is 15.2 Å². The first-order chi connectivity index (χ1) is 16.1. The number of Topliss-reactive ketones (excluding diaryl/α,β-unsaturated/α-hetero) is 2. The van der Waals surface area contributed by atoms with Crippen molar-refractivity contribution in [2.75, 3.05) is 0 Å². The first-order valence-electron chi connectivity index (χ1n) is 10.4. The molecule has 0 fully saturated rings. The van der Waals surface area contributed by atoms with Gasteiger partial charge >= 0.3 is 0 Å². The molecule has 0 saturated carbocycles. The fourth-order valence-corrected chi connectivity index (χ4v) is 4.16. The van der Waals surface area contributed by atoms with Gasteiger partial charge in [0, 0.05) is 11.1 Å². The van der Waals surface area contributed by atoms with E-state index in [4.69, 9.17) is 15.2 Å². The van der Waals surface area contributed by atoms with Gasteiger partial charge in [0.1, 0.15) is 24.0 Å². The summed E-state index contributed by atoms with van der Waals surface area (Å²) >= 11 is 0. The maximum Gasteiger partial charge on any atom is 0.229 e. The van der Waals surface area contributed by atoms with Crippen LogP contribution in [0.5, 0.6) is 5.75 Å². The molecule has 0 aromatic heterocycles. The summed E-state index contributed by atoms with van der Waals surface area (Å²) in [6.07, 6.45) is 0. The maximum absolute atomic E-state index is 13.4. The Morgan fingerprint density at radius 1 is 0.909 bits per heavy atom. The van der Waals surface area contributed by atoms with Gasteiger partial charge in [0.05, 0.1) is 11.5 Å². The van der Waals surface area contributed by atoms with Crippen molar-refractivity contribution in [3.05, 3.63) is 124 Å². The van der Waals surface area contributed by atoms with Crippen molar-refractivity contribution in [3.8, 4) is 11.8 Å². The lowest BCUT2D eigenvalue weighted by molar-refractivity contribution is 0.0897. The first kappa shape index (κ1) is 20.3. The highest BCUT2D eigenvalue weighted by Crippen LogP contribution is 2.44. The van der Waals surface area contributed by atoms with Crippen LogP contribution >= 0.6 is 0 Å². The number of nitrogens with two attached hydrogens (primary N) is 1. The molecule has 2 aliphatic rings. The minimum atomic E-state index is -0.844. The largest absolute Gasteiger partial charge is 0.489 e. The number of allylic oxidation sites excluding steroid dienone is 3. The van der Waals surface area contributed by atoms with Crippen molar-refractivity contribution in [1.82, 2.24) is 0 Å². The molecule has 1 heterocycles. The SMILES string of the molecule is N#CC1=C(N)OC2=C(C(=O)c3ccccc3C2=O)C1c1cccc(OCc2ccccc2)c1. The number of carbonyl (C=O) groups is 2. The van der Waals surface area contributed by atoms with Crippen molar-refractivity contribution in [3.63, 3.8) is 0 Å². The molecule has 6 nitrogen and oxygen atoms in total. The number of nitrogens with zero attached hydrogens (tertiary/aromatic N) is 1. The van der Waals surface area contributed by atoms with Crippen LogP contribution in [0.3, 0.4) is 0 Å². The van der Waals surface area contributed by atoms with Crippen LogP contribution in [-0.4, -0.2) is 11.6 Å². The van der Waals surface area contributed by atoms with Gasteiger partial charge in [-0.05, 0) is 23.3 Å². The van der Waals surface area contributed by atoms with E-state index in [1.165, 1.54) is 0 Å². The molecule has 0 radical (unpaired) electrons. The van der Waals surface area contributed by atoms with Crippen molar-refractivity contribution >= 4 is 11.6 Å². The molecule has 1 aliphatic carbocycles. The van der Waals surface area contributed by atoms with Gasteiger partial charge in [-0.15, -0.1) is 0 Å². The van der Waals surface area contributed by atoms with Crippen LogP contribution in [0.15, 0.2) is 102 Å². The third kappa shape index (κ3) is 3.46. The molecule has 160 valence electrons. The van der Waals surface area contributed by atoms with E-state index in [1.807, 2.05) is 30.3 Å². The predicted molar refractivity (Wildman–Crippen MR) is 120 cm³/mol. The molecule has 0 saturated heterocycles. The number of hydrogen-bond donors (Lipinski definition) is 1. The highest BCUT2D eigenvalue weighted by atomic mass is 16.5. The molecule has 1 atom stereocenters. The third-order valence-electron chi connectivity index (χ3n) is 5.73. The Bertz CT molecular complexity index is 1400. The van der Waals surface area contributed by atoms with Crippen molar-refractivity contribution in [2.45, 2.75) is 12.5 Å². The number of carbonyl (C=O) groups excluding carboxylic acids is 2. The van der Waals surface area contributed by atoms with Gasteiger partial charge in [-0.2, -0.15) is 5.26 Å². The Hall–Kier alpha value is -4.63. The van der Waals surface area contributed by atoms with E-state index in [1.54, 1.807) is 48.5 Å². The number of ketones is 2. The average Bonchev–Trinajstić information content (AvgIpc) is 2.86. The van der Waals surface area contributed by atoms with Gasteiger partial charge in [-0.3, -0.25) is 9.59 Å². The second-order valence-electron chi connectivity index (χ2n) is 7.72. The Kier molecular flexibility index (Phi) is 5.00. The lowest BCUT2D eigenvalue weighted by atomic mass is 9.75. The summed E-state index contributed by atoms with van der Waals surface area (Å²) < 4.78 is 11.5. The molecule has 3 aromatic rings. The molecule has 3 aromatic carbocycles. The van der Waals surface area contributed by atoms with E-state index < -0.39 is 11.7 Å². The molecule has 0 spiro atoms. The van der Waals surface area contributed by atoms with Crippen LogP contribution in [0, 0.1) is 11.3 Å². The van der Waals surface area contributed by atoms with Crippen LogP contribution < -0.4 is 10.5 Å². The average molecular weight is 434 g/mol. The summed E-state index contributed by atoms with van der Waals surface area (Å²) in [5.41, 5.74) is 8.38. The quantitative estimate of drug-likeness (QED) is 0.653. The molecule has 33 heavy (non-hydrogen) atoms. The molecule has 2 N–H and O–H groups in total. The Balaban J connectivity index is 1.57. The molecular formula is C27H18N2O4. The predicted octanol–water partition coefficient (Wildman–Crippen LogP) is 4.41. The number of ether oxygens (including phenoxy) is 2. The van der Waals surface area contributed by atoms with Crippen LogP contribution in [0.4, 0.5) is 0 Å². The minimum Gasteiger partial charge on any atom is -0.489 e. The zero-order chi connectivity index (χ0) is 22.9. The highest BCUT2D eigenvalue weighted by Gasteiger charge is 2.43. The van der Waals surface area contributed by atoms with Gasteiger partial charge in [-0.25, -0.2) is 0 Å². The number of nitriles is 1. The van der Waals surface area contributed by atoms with E-state index in [2.05, 4.69) is 6.07 Å². The summed E-state index contributed by atoms with van der Waals surface area (Å²) in [7, 11) is 0. The lowest BCUT2D eigenvalue weighted by Crippen LogP contribution is -2.32. The molecule has 1 unspecified atom stereocenters. The van der Waals surface area contributed by atoms with Crippen LogP contribution in [0.25, 0.3) is 0 Å². The monoisotopic (exact) mass is 434 g/mol. The van der Waals surface area contributed by atoms with Crippen molar-refractivity contribution < 1.29 is 19.1 Å². The molecular weight excluding hydrogens is 416 g/mol. The maximum atomic E-state index is 13.4. The summed E-state index contributed by atoms with van der Waals surface area (Å²) in [6.45, 7) is 0.361. The Morgan fingerprint density at radius 2 is 1.61 bits per heavy atom. The number of rotatable bonds is 4. The van der Waals surface area contributed by atoms with Gasteiger partial charge in [-0.1, -0.05) is 66.7 Å². The highest BCUT2D eigenvalue weighted by molar-refractivity contribution is 6.27. The number of hydrogen-bond acceptors (Lipinski definition) is 6. The van der Waals surface area contributed by atoms with Gasteiger partial charge in [0.15, 0.2) is 11.5 Å². The fourth-order valence-electron chi connectivity index (χ4n) is 4.16. The summed E-state index contributed by atoms with van der Waals surface area (Å²) in [5.74, 6) is -1.38. The molecule has 0 amide bonds. The molecule has 5 rings (SSSR count). The van der Waals surface area contributed by atoms with Crippen molar-refractivity contribution in [1.29, 1.82) is 5.26 Å². The third-order valence-corrected chi connectivity index (χ3v) is 5.73. The summed E-state index contributed by atoms with van der Waals surface area (Å²) in [5, 5.41) is 9.83. The number of benzene rings is 3. The minimum absolute atomic E-state index is 0.0782. The number of fused-ring (bicyclic) bond motifs is 1. The molecule has 6 heteroatoms. The Morgan fingerprint density at radius 3 is 2.33 bits per heavy atom. The van der Waals surface area contributed by atoms with E-state index in [9.17, 15) is 14.9 Å². The zero-order valence-corrected chi connectivity index (χ0v) is 17.4. The van der Waals surface area contributed by atoms with Gasteiger partial charge in [0.25, 0.3) is 0 Å². The van der Waals surface area contributed by atoms with E-state index in [0.29, 0.717) is 17.9 Å². The van der Waals surface area contributed by atoms with Crippen LogP contribution in [0.1, 0.15) is 37.8 Å². The second-order valence-corrected chi connectivity index (χ2v) is 7.72. The lowest BCUT2D eigenvalue weighted by Gasteiger charge is -2.31. The van der Waals surface area contributed by atoms with Crippen LogP contribution in [-0.2, 0) is 11.3 Å². The summed E-state index contributed by atoms with van der Waals surface area (Å²) in [6, 6.07) is 25.4. The van der Waals surface area contributed by atoms with Gasteiger partial charge in [0.2, 0.25) is 11.7 Å².